The zero-order chi connectivity index (χ0) is 23.7. The Kier molecular flexibility index (Phi) is 6.32. The van der Waals surface area contributed by atoms with Crippen molar-refractivity contribution in [1.82, 2.24) is 9.80 Å². The van der Waals surface area contributed by atoms with Crippen LogP contribution in [0.5, 0.6) is 5.75 Å². The van der Waals surface area contributed by atoms with Crippen molar-refractivity contribution in [1.29, 1.82) is 0 Å². The SMILES string of the molecule is COc1cc(N2CCCC2)ccc1/C=C1\SC(=O)N(CC(=O)N2CCc3ccccc3C2)C1=O. The molecule has 0 N–H and O–H groups in total. The van der Waals surface area contributed by atoms with Crippen molar-refractivity contribution in [3.05, 3.63) is 64.1 Å². The van der Waals surface area contributed by atoms with Gasteiger partial charge in [0.15, 0.2) is 0 Å². The summed E-state index contributed by atoms with van der Waals surface area (Å²) >= 11 is 0.864. The molecule has 0 aromatic heterocycles. The van der Waals surface area contributed by atoms with Crippen LogP contribution in [0, 0.1) is 0 Å². The fourth-order valence-electron chi connectivity index (χ4n) is 4.71. The number of hydrogen-bond acceptors (Lipinski definition) is 6. The van der Waals surface area contributed by atoms with Gasteiger partial charge in [-0.3, -0.25) is 19.3 Å². The molecule has 2 aromatic carbocycles. The summed E-state index contributed by atoms with van der Waals surface area (Å²) in [5.74, 6) is -0.00344. The second-order valence-corrected chi connectivity index (χ2v) is 9.72. The summed E-state index contributed by atoms with van der Waals surface area (Å²) in [6.45, 7) is 2.90. The summed E-state index contributed by atoms with van der Waals surface area (Å²) in [6.07, 6.45) is 4.82. The topological polar surface area (TPSA) is 70.2 Å². The number of ether oxygens (including phenoxy) is 1. The van der Waals surface area contributed by atoms with Crippen LogP contribution in [0.25, 0.3) is 6.08 Å². The van der Waals surface area contributed by atoms with E-state index in [2.05, 4.69) is 11.0 Å². The number of methoxy groups -OCH3 is 1. The molecule has 3 aliphatic rings. The standard InChI is InChI=1S/C26H27N3O4S/c1-33-22-15-21(27-11-4-5-12-27)9-8-19(22)14-23-25(31)29(26(32)34-23)17-24(30)28-13-10-18-6-2-3-7-20(18)16-28/h2-3,6-9,14-15H,4-5,10-13,16-17H2,1H3/b23-14-. The van der Waals surface area contributed by atoms with Crippen molar-refractivity contribution in [2.24, 2.45) is 0 Å². The van der Waals surface area contributed by atoms with Gasteiger partial charge in [-0.1, -0.05) is 24.3 Å². The number of carbonyl (C=O) groups is 3. The molecule has 3 heterocycles. The van der Waals surface area contributed by atoms with Crippen molar-refractivity contribution >= 4 is 40.6 Å². The first-order valence-electron chi connectivity index (χ1n) is 11.6. The molecule has 0 atom stereocenters. The van der Waals surface area contributed by atoms with Crippen LogP contribution in [0.1, 0.15) is 29.5 Å². The molecular weight excluding hydrogens is 450 g/mol. The maximum absolute atomic E-state index is 13.0. The molecule has 0 unspecified atom stereocenters. The van der Waals surface area contributed by atoms with Gasteiger partial charge in [-0.2, -0.15) is 0 Å². The first-order chi connectivity index (χ1) is 16.5. The molecule has 7 nitrogen and oxygen atoms in total. The smallest absolute Gasteiger partial charge is 0.294 e. The Bertz CT molecular complexity index is 1170. The van der Waals surface area contributed by atoms with E-state index in [-0.39, 0.29) is 12.5 Å². The molecule has 2 fully saturated rings. The molecule has 0 radical (unpaired) electrons. The molecular formula is C26H27N3O4S. The van der Waals surface area contributed by atoms with E-state index < -0.39 is 11.1 Å². The van der Waals surface area contributed by atoms with Gasteiger partial charge in [0.1, 0.15) is 12.3 Å². The number of hydrogen-bond donors (Lipinski definition) is 0. The highest BCUT2D eigenvalue weighted by Crippen LogP contribution is 2.35. The monoisotopic (exact) mass is 477 g/mol. The van der Waals surface area contributed by atoms with E-state index >= 15 is 0 Å². The molecule has 2 saturated heterocycles. The Labute approximate surface area is 203 Å². The highest BCUT2D eigenvalue weighted by Gasteiger charge is 2.37. The summed E-state index contributed by atoms with van der Waals surface area (Å²) in [5, 5.41) is -0.422. The number of benzene rings is 2. The maximum atomic E-state index is 13.0. The summed E-state index contributed by atoms with van der Waals surface area (Å²) in [4.78, 5) is 43.9. The molecule has 0 spiro atoms. The highest BCUT2D eigenvalue weighted by atomic mass is 32.2. The fraction of sp³-hybridized carbons (Fsp3) is 0.346. The predicted molar refractivity (Wildman–Crippen MR) is 133 cm³/mol. The number of rotatable bonds is 5. The number of nitrogens with zero attached hydrogens (tertiary/aromatic N) is 3. The number of anilines is 1. The second kappa shape index (κ2) is 9.54. The third-order valence-electron chi connectivity index (χ3n) is 6.63. The van der Waals surface area contributed by atoms with Crippen LogP contribution in [-0.2, 0) is 22.6 Å². The van der Waals surface area contributed by atoms with Crippen molar-refractivity contribution in [3.8, 4) is 5.75 Å². The van der Waals surface area contributed by atoms with E-state index in [1.54, 1.807) is 18.1 Å². The lowest BCUT2D eigenvalue weighted by molar-refractivity contribution is -0.136. The van der Waals surface area contributed by atoms with Crippen LogP contribution in [-0.4, -0.2) is 60.1 Å². The Balaban J connectivity index is 1.29. The van der Waals surface area contributed by atoms with Gasteiger partial charge in [-0.15, -0.1) is 0 Å². The molecule has 3 aliphatic heterocycles. The van der Waals surface area contributed by atoms with Crippen molar-refractivity contribution in [2.75, 3.05) is 38.2 Å². The van der Waals surface area contributed by atoms with Crippen molar-refractivity contribution < 1.29 is 19.1 Å². The number of amides is 3. The van der Waals surface area contributed by atoms with Gasteiger partial charge >= 0.3 is 0 Å². The summed E-state index contributed by atoms with van der Waals surface area (Å²) in [5.41, 5.74) is 4.18. The van der Waals surface area contributed by atoms with Crippen molar-refractivity contribution in [2.45, 2.75) is 25.8 Å². The molecule has 5 rings (SSSR count). The Morgan fingerprint density at radius 3 is 2.59 bits per heavy atom. The fourth-order valence-corrected chi connectivity index (χ4v) is 5.54. The minimum Gasteiger partial charge on any atom is -0.496 e. The lowest BCUT2D eigenvalue weighted by atomic mass is 10.00. The van der Waals surface area contributed by atoms with Crippen LogP contribution in [0.4, 0.5) is 10.5 Å². The quantitative estimate of drug-likeness (QED) is 0.608. The van der Waals surface area contributed by atoms with Crippen LogP contribution in [0.2, 0.25) is 0 Å². The van der Waals surface area contributed by atoms with E-state index in [4.69, 9.17) is 4.74 Å². The number of imide groups is 1. The lowest BCUT2D eigenvalue weighted by Crippen LogP contribution is -2.44. The van der Waals surface area contributed by atoms with Crippen molar-refractivity contribution in [3.63, 3.8) is 0 Å². The molecule has 2 aromatic rings. The molecule has 176 valence electrons. The maximum Gasteiger partial charge on any atom is 0.294 e. The third-order valence-corrected chi connectivity index (χ3v) is 7.53. The zero-order valence-corrected chi connectivity index (χ0v) is 20.0. The van der Waals surface area contributed by atoms with Crippen LogP contribution < -0.4 is 9.64 Å². The van der Waals surface area contributed by atoms with Gasteiger partial charge in [0.2, 0.25) is 5.91 Å². The number of carbonyl (C=O) groups excluding carboxylic acids is 3. The van der Waals surface area contributed by atoms with Crippen LogP contribution in [0.15, 0.2) is 47.4 Å². The molecule has 0 bridgehead atoms. The average Bonchev–Trinajstić information content (AvgIpc) is 3.49. The predicted octanol–water partition coefficient (Wildman–Crippen LogP) is 3.92. The van der Waals surface area contributed by atoms with E-state index in [0.29, 0.717) is 23.7 Å². The van der Waals surface area contributed by atoms with E-state index in [1.807, 2.05) is 36.4 Å². The molecule has 34 heavy (non-hydrogen) atoms. The molecule has 0 aliphatic carbocycles. The first-order valence-corrected chi connectivity index (χ1v) is 12.4. The first kappa shape index (κ1) is 22.5. The minimum atomic E-state index is -0.438. The average molecular weight is 478 g/mol. The number of thioether (sulfide) groups is 1. The minimum absolute atomic E-state index is 0.217. The van der Waals surface area contributed by atoms with Gasteiger partial charge in [0, 0.05) is 43.5 Å². The van der Waals surface area contributed by atoms with Gasteiger partial charge in [0.25, 0.3) is 11.1 Å². The largest absolute Gasteiger partial charge is 0.496 e. The lowest BCUT2D eigenvalue weighted by Gasteiger charge is -2.29. The number of fused-ring (bicyclic) bond motifs is 1. The van der Waals surface area contributed by atoms with Gasteiger partial charge in [0.05, 0.1) is 12.0 Å². The van der Waals surface area contributed by atoms with E-state index in [9.17, 15) is 14.4 Å². The second-order valence-electron chi connectivity index (χ2n) is 8.72. The summed E-state index contributed by atoms with van der Waals surface area (Å²) < 4.78 is 5.57. The van der Waals surface area contributed by atoms with E-state index in [1.165, 1.54) is 18.4 Å². The molecule has 0 saturated carbocycles. The molecule has 3 amide bonds. The third kappa shape index (κ3) is 4.42. The Morgan fingerprint density at radius 1 is 1.06 bits per heavy atom. The van der Waals surface area contributed by atoms with Gasteiger partial charge in [-0.05, 0) is 60.4 Å². The molecule has 8 heteroatoms. The zero-order valence-electron chi connectivity index (χ0n) is 19.2. The van der Waals surface area contributed by atoms with Gasteiger partial charge < -0.3 is 14.5 Å². The van der Waals surface area contributed by atoms with Crippen LogP contribution in [0.3, 0.4) is 0 Å². The normalized spacial score (nSPS) is 19.2. The summed E-state index contributed by atoms with van der Waals surface area (Å²) in [7, 11) is 1.60. The van der Waals surface area contributed by atoms with Gasteiger partial charge in [-0.25, -0.2) is 0 Å². The Hall–Kier alpha value is -3.26. The van der Waals surface area contributed by atoms with Crippen LogP contribution >= 0.6 is 11.8 Å². The summed E-state index contributed by atoms with van der Waals surface area (Å²) in [6, 6.07) is 13.9. The van der Waals surface area contributed by atoms with E-state index in [0.717, 1.165) is 53.0 Å². The Morgan fingerprint density at radius 2 is 1.82 bits per heavy atom. The highest BCUT2D eigenvalue weighted by molar-refractivity contribution is 8.18.